The van der Waals surface area contributed by atoms with Gasteiger partial charge in [0.1, 0.15) is 5.82 Å². The van der Waals surface area contributed by atoms with Gasteiger partial charge in [-0.3, -0.25) is 4.79 Å². The summed E-state index contributed by atoms with van der Waals surface area (Å²) in [5, 5.41) is 0. The minimum absolute atomic E-state index is 0.207. The molecule has 2 aromatic heterocycles. The van der Waals surface area contributed by atoms with Crippen molar-refractivity contribution in [1.29, 1.82) is 0 Å². The third-order valence-electron chi connectivity index (χ3n) is 1.90. The molecule has 2 rings (SSSR count). The average Bonchev–Trinajstić information content (AvgIpc) is 2.49. The molecular weight excluding hydrogens is 171 g/mol. The zero-order valence-corrected chi connectivity index (χ0v) is 6.70. The van der Waals surface area contributed by atoms with Crippen LogP contribution >= 0.6 is 0 Å². The molecule has 13 heavy (non-hydrogen) atoms. The Bertz CT molecular complexity index is 475. The Morgan fingerprint density at radius 3 is 2.85 bits per heavy atom. The topological polar surface area (TPSA) is 47.5 Å². The normalized spacial score (nSPS) is 10.5. The zero-order chi connectivity index (χ0) is 9.42. The molecule has 0 aliphatic rings. The van der Waals surface area contributed by atoms with E-state index in [0.29, 0.717) is 0 Å². The molecule has 66 valence electrons. The molecule has 0 unspecified atom stereocenters. The second-order valence-electron chi connectivity index (χ2n) is 2.71. The lowest BCUT2D eigenvalue weighted by molar-refractivity contribution is 0.100. The fourth-order valence-electron chi connectivity index (χ4n) is 1.32. The Morgan fingerprint density at radius 2 is 2.15 bits per heavy atom. The number of carbonyl (C=O) groups is 1. The lowest BCUT2D eigenvalue weighted by Crippen LogP contribution is -2.10. The standard InChI is InChI=1S/C9H7FN2O/c10-7-2-1-4-12-5-3-6(8(7)12)9(11)13/h1-5H,(H2,11,13). The van der Waals surface area contributed by atoms with Crippen molar-refractivity contribution in [3.8, 4) is 0 Å². The molecule has 0 fully saturated rings. The minimum atomic E-state index is -0.618. The summed E-state index contributed by atoms with van der Waals surface area (Å²) in [6.45, 7) is 0. The van der Waals surface area contributed by atoms with Crippen LogP contribution in [0.25, 0.3) is 5.52 Å². The SMILES string of the molecule is NC(=O)c1ccn2cccc(F)c12. The summed E-state index contributed by atoms with van der Waals surface area (Å²) in [4.78, 5) is 10.9. The third-order valence-corrected chi connectivity index (χ3v) is 1.90. The summed E-state index contributed by atoms with van der Waals surface area (Å²) in [6.07, 6.45) is 3.25. The van der Waals surface area contributed by atoms with Crippen LogP contribution in [0, 0.1) is 5.82 Å². The molecule has 1 amide bonds. The number of hydrogen-bond acceptors (Lipinski definition) is 1. The Balaban J connectivity index is 2.86. The van der Waals surface area contributed by atoms with Crippen LogP contribution in [0.3, 0.4) is 0 Å². The number of amides is 1. The molecule has 0 aliphatic carbocycles. The number of nitrogens with zero attached hydrogens (tertiary/aromatic N) is 1. The molecule has 0 spiro atoms. The van der Waals surface area contributed by atoms with Crippen LogP contribution in [0.5, 0.6) is 0 Å². The van der Waals surface area contributed by atoms with E-state index in [2.05, 4.69) is 0 Å². The zero-order valence-electron chi connectivity index (χ0n) is 6.70. The second-order valence-corrected chi connectivity index (χ2v) is 2.71. The van der Waals surface area contributed by atoms with Crippen molar-refractivity contribution in [2.24, 2.45) is 5.73 Å². The van der Waals surface area contributed by atoms with E-state index in [1.54, 1.807) is 18.5 Å². The van der Waals surface area contributed by atoms with Gasteiger partial charge in [-0.2, -0.15) is 0 Å². The van der Waals surface area contributed by atoms with E-state index in [1.807, 2.05) is 0 Å². The Kier molecular flexibility index (Phi) is 1.55. The molecule has 0 bridgehead atoms. The van der Waals surface area contributed by atoms with E-state index < -0.39 is 11.7 Å². The summed E-state index contributed by atoms with van der Waals surface area (Å²) in [6, 6.07) is 4.36. The summed E-state index contributed by atoms with van der Waals surface area (Å²) in [5.41, 5.74) is 5.51. The average molecular weight is 178 g/mol. The summed E-state index contributed by atoms with van der Waals surface area (Å²) in [7, 11) is 0. The molecule has 2 N–H and O–H groups in total. The van der Waals surface area contributed by atoms with Gasteiger partial charge in [0.2, 0.25) is 0 Å². The molecular formula is C9H7FN2O. The number of rotatable bonds is 1. The van der Waals surface area contributed by atoms with Gasteiger partial charge >= 0.3 is 0 Å². The van der Waals surface area contributed by atoms with Gasteiger partial charge < -0.3 is 10.1 Å². The molecule has 2 heterocycles. The van der Waals surface area contributed by atoms with E-state index in [0.717, 1.165) is 0 Å². The van der Waals surface area contributed by atoms with Crippen molar-refractivity contribution in [2.45, 2.75) is 0 Å². The van der Waals surface area contributed by atoms with Crippen LogP contribution in [0.1, 0.15) is 10.4 Å². The van der Waals surface area contributed by atoms with Crippen LogP contribution < -0.4 is 5.73 Å². The number of carbonyl (C=O) groups excluding carboxylic acids is 1. The highest BCUT2D eigenvalue weighted by Crippen LogP contribution is 2.15. The van der Waals surface area contributed by atoms with Gasteiger partial charge in [-0.1, -0.05) is 0 Å². The van der Waals surface area contributed by atoms with Crippen LogP contribution in [0.15, 0.2) is 30.6 Å². The highest BCUT2D eigenvalue weighted by Gasteiger charge is 2.10. The molecule has 0 saturated carbocycles. The summed E-state index contributed by atoms with van der Waals surface area (Å²) >= 11 is 0. The first-order valence-corrected chi connectivity index (χ1v) is 3.75. The lowest BCUT2D eigenvalue weighted by Gasteiger charge is -1.97. The highest BCUT2D eigenvalue weighted by atomic mass is 19.1. The van der Waals surface area contributed by atoms with Crippen LogP contribution in [-0.2, 0) is 0 Å². The molecule has 2 aromatic rings. The van der Waals surface area contributed by atoms with Crippen molar-refractivity contribution in [3.05, 3.63) is 42.0 Å². The quantitative estimate of drug-likeness (QED) is 0.700. The lowest BCUT2D eigenvalue weighted by atomic mass is 10.2. The van der Waals surface area contributed by atoms with E-state index in [-0.39, 0.29) is 11.1 Å². The van der Waals surface area contributed by atoms with Crippen molar-refractivity contribution >= 4 is 11.4 Å². The molecule has 4 heteroatoms. The van der Waals surface area contributed by atoms with Gasteiger partial charge in [-0.25, -0.2) is 4.39 Å². The molecule has 0 saturated heterocycles. The molecule has 0 radical (unpaired) electrons. The predicted molar refractivity (Wildman–Crippen MR) is 45.9 cm³/mol. The molecule has 3 nitrogen and oxygen atoms in total. The van der Waals surface area contributed by atoms with E-state index in [4.69, 9.17) is 5.73 Å². The molecule has 0 aliphatic heterocycles. The maximum Gasteiger partial charge on any atom is 0.250 e. The Morgan fingerprint density at radius 1 is 1.38 bits per heavy atom. The predicted octanol–water partition coefficient (Wildman–Crippen LogP) is 1.18. The van der Waals surface area contributed by atoms with Crippen molar-refractivity contribution in [1.82, 2.24) is 4.40 Å². The number of primary amides is 1. The van der Waals surface area contributed by atoms with Gasteiger partial charge in [0.05, 0.1) is 11.1 Å². The van der Waals surface area contributed by atoms with Crippen LogP contribution in [0.2, 0.25) is 0 Å². The Hall–Kier alpha value is -1.84. The van der Waals surface area contributed by atoms with E-state index in [1.165, 1.54) is 16.5 Å². The van der Waals surface area contributed by atoms with Crippen molar-refractivity contribution < 1.29 is 9.18 Å². The smallest absolute Gasteiger partial charge is 0.250 e. The van der Waals surface area contributed by atoms with E-state index in [9.17, 15) is 9.18 Å². The largest absolute Gasteiger partial charge is 0.366 e. The third kappa shape index (κ3) is 1.07. The number of pyridine rings is 1. The summed E-state index contributed by atoms with van der Waals surface area (Å²) in [5.74, 6) is -1.06. The monoisotopic (exact) mass is 178 g/mol. The number of halogens is 1. The van der Waals surface area contributed by atoms with Crippen molar-refractivity contribution in [2.75, 3.05) is 0 Å². The van der Waals surface area contributed by atoms with Crippen LogP contribution in [0.4, 0.5) is 4.39 Å². The van der Waals surface area contributed by atoms with Gasteiger partial charge in [-0.15, -0.1) is 0 Å². The first-order valence-electron chi connectivity index (χ1n) is 3.75. The van der Waals surface area contributed by atoms with Gasteiger partial charge in [0, 0.05) is 12.4 Å². The molecule has 0 atom stereocenters. The van der Waals surface area contributed by atoms with Crippen LogP contribution in [-0.4, -0.2) is 10.3 Å². The fourth-order valence-corrected chi connectivity index (χ4v) is 1.32. The Labute approximate surface area is 73.6 Å². The maximum absolute atomic E-state index is 13.2. The number of hydrogen-bond donors (Lipinski definition) is 1. The molecule has 0 aromatic carbocycles. The highest BCUT2D eigenvalue weighted by molar-refractivity contribution is 6.00. The number of aromatic nitrogens is 1. The first-order chi connectivity index (χ1) is 6.20. The first kappa shape index (κ1) is 7.79. The van der Waals surface area contributed by atoms with Crippen molar-refractivity contribution in [3.63, 3.8) is 0 Å². The minimum Gasteiger partial charge on any atom is -0.366 e. The van der Waals surface area contributed by atoms with Gasteiger partial charge in [-0.05, 0) is 18.2 Å². The fraction of sp³-hybridized carbons (Fsp3) is 0. The number of fused-ring (bicyclic) bond motifs is 1. The van der Waals surface area contributed by atoms with E-state index >= 15 is 0 Å². The van der Waals surface area contributed by atoms with Gasteiger partial charge in [0.25, 0.3) is 5.91 Å². The van der Waals surface area contributed by atoms with Gasteiger partial charge in [0.15, 0.2) is 0 Å². The number of nitrogens with two attached hydrogens (primary N) is 1. The summed E-state index contributed by atoms with van der Waals surface area (Å²) < 4.78 is 14.7. The maximum atomic E-state index is 13.2. The second kappa shape index (κ2) is 2.58.